The highest BCUT2D eigenvalue weighted by molar-refractivity contribution is 7.92. The molecule has 9 heteroatoms. The SMILES string of the molecule is CN(C)CCNC(=O)CCN(c1ccccc1N1CCOCC1)S(C)(=O)=O. The number of amides is 1. The number of rotatable bonds is 9. The zero-order chi connectivity index (χ0) is 19.9. The Bertz CT molecular complexity index is 718. The number of carbonyl (C=O) groups is 1. The van der Waals surface area contributed by atoms with Crippen molar-refractivity contribution in [2.45, 2.75) is 6.42 Å². The monoisotopic (exact) mass is 398 g/mol. The average Bonchev–Trinajstić information content (AvgIpc) is 2.61. The van der Waals surface area contributed by atoms with Crippen LogP contribution in [0.3, 0.4) is 0 Å². The van der Waals surface area contributed by atoms with E-state index in [1.54, 1.807) is 6.07 Å². The summed E-state index contributed by atoms with van der Waals surface area (Å²) in [7, 11) is 0.340. The fourth-order valence-corrected chi connectivity index (χ4v) is 3.86. The van der Waals surface area contributed by atoms with Gasteiger partial charge in [0, 0.05) is 39.1 Å². The molecule has 0 radical (unpaired) electrons. The Morgan fingerprint density at radius 2 is 1.85 bits per heavy atom. The first-order valence-corrected chi connectivity index (χ1v) is 10.9. The number of sulfonamides is 1. The van der Waals surface area contributed by atoms with E-state index in [4.69, 9.17) is 4.74 Å². The Hall–Kier alpha value is -1.84. The number of nitrogens with zero attached hydrogens (tertiary/aromatic N) is 3. The van der Waals surface area contributed by atoms with Gasteiger partial charge < -0.3 is 19.9 Å². The van der Waals surface area contributed by atoms with Crippen molar-refractivity contribution in [3.8, 4) is 0 Å². The first kappa shape index (κ1) is 21.5. The minimum absolute atomic E-state index is 0.105. The van der Waals surface area contributed by atoms with Crippen molar-refractivity contribution in [1.82, 2.24) is 10.2 Å². The van der Waals surface area contributed by atoms with E-state index in [-0.39, 0.29) is 18.9 Å². The number of hydrogen-bond donors (Lipinski definition) is 1. The summed E-state index contributed by atoms with van der Waals surface area (Å²) in [5.74, 6) is -0.158. The fraction of sp³-hybridized carbons (Fsp3) is 0.611. The molecule has 0 spiro atoms. The molecule has 1 aliphatic rings. The molecular formula is C18H30N4O4S. The van der Waals surface area contributed by atoms with Crippen LogP contribution in [0.5, 0.6) is 0 Å². The van der Waals surface area contributed by atoms with E-state index in [9.17, 15) is 13.2 Å². The molecule has 1 aliphatic heterocycles. The summed E-state index contributed by atoms with van der Waals surface area (Å²) in [6.45, 7) is 4.02. The lowest BCUT2D eigenvalue weighted by molar-refractivity contribution is -0.120. The second-order valence-electron chi connectivity index (χ2n) is 6.83. The summed E-state index contributed by atoms with van der Waals surface area (Å²) in [5.41, 5.74) is 1.45. The molecule has 1 N–H and O–H groups in total. The van der Waals surface area contributed by atoms with Crippen molar-refractivity contribution in [2.75, 3.05) is 75.5 Å². The van der Waals surface area contributed by atoms with Crippen LogP contribution in [0.1, 0.15) is 6.42 Å². The van der Waals surface area contributed by atoms with Crippen molar-refractivity contribution in [3.63, 3.8) is 0 Å². The lowest BCUT2D eigenvalue weighted by atomic mass is 10.2. The first-order valence-electron chi connectivity index (χ1n) is 9.10. The van der Waals surface area contributed by atoms with Gasteiger partial charge in [-0.15, -0.1) is 0 Å². The lowest BCUT2D eigenvalue weighted by Crippen LogP contribution is -2.39. The minimum atomic E-state index is -3.52. The molecule has 1 saturated heterocycles. The Kier molecular flexibility index (Phi) is 7.88. The third-order valence-corrected chi connectivity index (χ3v) is 5.51. The quantitative estimate of drug-likeness (QED) is 0.647. The normalized spacial score (nSPS) is 15.0. The van der Waals surface area contributed by atoms with Gasteiger partial charge in [-0.1, -0.05) is 12.1 Å². The van der Waals surface area contributed by atoms with Crippen LogP contribution in [0.15, 0.2) is 24.3 Å². The number of ether oxygens (including phenoxy) is 1. The van der Waals surface area contributed by atoms with Gasteiger partial charge in [0.25, 0.3) is 0 Å². The molecule has 0 saturated carbocycles. The molecule has 0 aliphatic carbocycles. The predicted molar refractivity (Wildman–Crippen MR) is 108 cm³/mol. The summed E-state index contributed by atoms with van der Waals surface area (Å²) >= 11 is 0. The number of morpholine rings is 1. The van der Waals surface area contributed by atoms with Gasteiger partial charge in [-0.25, -0.2) is 8.42 Å². The summed E-state index contributed by atoms with van der Waals surface area (Å²) < 4.78 is 31.6. The second-order valence-corrected chi connectivity index (χ2v) is 8.73. The number of carbonyl (C=O) groups excluding carboxylic acids is 1. The number of para-hydroxylation sites is 2. The first-order chi connectivity index (χ1) is 12.8. The van der Waals surface area contributed by atoms with Gasteiger partial charge in [0.2, 0.25) is 15.9 Å². The van der Waals surface area contributed by atoms with Gasteiger partial charge in [0.15, 0.2) is 0 Å². The molecule has 2 rings (SSSR count). The van der Waals surface area contributed by atoms with Crippen molar-refractivity contribution in [1.29, 1.82) is 0 Å². The molecule has 1 aromatic rings. The van der Waals surface area contributed by atoms with E-state index < -0.39 is 10.0 Å². The van der Waals surface area contributed by atoms with Crippen molar-refractivity contribution in [3.05, 3.63) is 24.3 Å². The highest BCUT2D eigenvalue weighted by atomic mass is 32.2. The molecule has 0 unspecified atom stereocenters. The smallest absolute Gasteiger partial charge is 0.232 e. The van der Waals surface area contributed by atoms with E-state index in [1.807, 2.05) is 37.2 Å². The predicted octanol–water partition coefficient (Wildman–Crippen LogP) is 0.357. The van der Waals surface area contributed by atoms with Crippen molar-refractivity contribution < 1.29 is 17.9 Å². The van der Waals surface area contributed by atoms with Crippen LogP contribution >= 0.6 is 0 Å². The third-order valence-electron chi connectivity index (χ3n) is 4.33. The maximum Gasteiger partial charge on any atom is 0.232 e. The van der Waals surface area contributed by atoms with Gasteiger partial charge >= 0.3 is 0 Å². The maximum absolute atomic E-state index is 12.4. The molecule has 1 aromatic carbocycles. The van der Waals surface area contributed by atoms with Gasteiger partial charge in [-0.2, -0.15) is 0 Å². The summed E-state index contributed by atoms with van der Waals surface area (Å²) in [6, 6.07) is 7.41. The van der Waals surface area contributed by atoms with Crippen molar-refractivity contribution >= 4 is 27.3 Å². The highest BCUT2D eigenvalue weighted by Crippen LogP contribution is 2.31. The molecule has 0 bridgehead atoms. The van der Waals surface area contributed by atoms with E-state index in [2.05, 4.69) is 10.2 Å². The molecule has 1 heterocycles. The molecule has 1 amide bonds. The van der Waals surface area contributed by atoms with Gasteiger partial charge in [0.05, 0.1) is 30.8 Å². The maximum atomic E-state index is 12.4. The summed E-state index contributed by atoms with van der Waals surface area (Å²) in [6.07, 6.45) is 1.28. The van der Waals surface area contributed by atoms with Crippen LogP contribution in [-0.4, -0.2) is 85.5 Å². The zero-order valence-corrected chi connectivity index (χ0v) is 17.2. The Morgan fingerprint density at radius 3 is 2.48 bits per heavy atom. The molecule has 0 atom stereocenters. The number of nitrogens with one attached hydrogen (secondary N) is 1. The summed E-state index contributed by atoms with van der Waals surface area (Å²) in [4.78, 5) is 16.2. The van der Waals surface area contributed by atoms with Crippen LogP contribution in [0.2, 0.25) is 0 Å². The van der Waals surface area contributed by atoms with Gasteiger partial charge in [-0.3, -0.25) is 9.10 Å². The highest BCUT2D eigenvalue weighted by Gasteiger charge is 2.24. The van der Waals surface area contributed by atoms with Crippen LogP contribution in [0.4, 0.5) is 11.4 Å². The largest absolute Gasteiger partial charge is 0.378 e. The number of hydrogen-bond acceptors (Lipinski definition) is 6. The summed E-state index contributed by atoms with van der Waals surface area (Å²) in [5, 5.41) is 2.82. The van der Waals surface area contributed by atoms with Crippen LogP contribution in [0.25, 0.3) is 0 Å². The number of likely N-dealkylation sites (N-methyl/N-ethyl adjacent to an activating group) is 1. The van der Waals surface area contributed by atoms with Crippen molar-refractivity contribution in [2.24, 2.45) is 0 Å². The molecule has 1 fully saturated rings. The third kappa shape index (κ3) is 6.67. The fourth-order valence-electron chi connectivity index (χ4n) is 2.92. The van der Waals surface area contributed by atoms with Crippen LogP contribution in [0, 0.1) is 0 Å². The molecule has 152 valence electrons. The molecule has 0 aromatic heterocycles. The lowest BCUT2D eigenvalue weighted by Gasteiger charge is -2.33. The average molecular weight is 399 g/mol. The Labute approximate surface area is 162 Å². The molecule has 27 heavy (non-hydrogen) atoms. The minimum Gasteiger partial charge on any atom is -0.378 e. The number of benzene rings is 1. The number of anilines is 2. The van der Waals surface area contributed by atoms with E-state index in [0.717, 1.165) is 12.2 Å². The van der Waals surface area contributed by atoms with Gasteiger partial charge in [0.1, 0.15) is 0 Å². The second kappa shape index (κ2) is 9.91. The molecule has 8 nitrogen and oxygen atoms in total. The van der Waals surface area contributed by atoms with Crippen LogP contribution in [-0.2, 0) is 19.6 Å². The Balaban J connectivity index is 2.12. The topological polar surface area (TPSA) is 82.2 Å². The van der Waals surface area contributed by atoms with Crippen LogP contribution < -0.4 is 14.5 Å². The van der Waals surface area contributed by atoms with E-state index in [1.165, 1.54) is 10.6 Å². The Morgan fingerprint density at radius 1 is 1.19 bits per heavy atom. The standard InChI is InChI=1S/C18H30N4O4S/c1-20(2)11-9-19-18(23)8-10-22(27(3,24)25)17-7-5-4-6-16(17)21-12-14-26-15-13-21/h4-7H,8-15H2,1-3H3,(H,19,23). The molecular weight excluding hydrogens is 368 g/mol. The van der Waals surface area contributed by atoms with E-state index >= 15 is 0 Å². The zero-order valence-electron chi connectivity index (χ0n) is 16.3. The van der Waals surface area contributed by atoms with E-state index in [0.29, 0.717) is 38.5 Å². The van der Waals surface area contributed by atoms with Gasteiger partial charge in [-0.05, 0) is 26.2 Å².